The summed E-state index contributed by atoms with van der Waals surface area (Å²) in [6.07, 6.45) is 1.47. The number of aromatic nitrogens is 1. The Kier molecular flexibility index (Phi) is 2.82. The van der Waals surface area contributed by atoms with Gasteiger partial charge in [-0.15, -0.1) is 0 Å². The number of nitro groups is 1. The molecule has 1 aromatic heterocycles. The molecule has 0 spiro atoms. The zero-order valence-electron chi connectivity index (χ0n) is 8.20. The molecule has 0 aliphatic rings. The second-order valence-corrected chi connectivity index (χ2v) is 4.52. The van der Waals surface area contributed by atoms with Crippen LogP contribution in [0.3, 0.4) is 0 Å². The van der Waals surface area contributed by atoms with E-state index in [2.05, 4.69) is 20.9 Å². The number of hydrogen-bond acceptors (Lipinski definition) is 3. The van der Waals surface area contributed by atoms with E-state index in [0.717, 1.165) is 0 Å². The van der Waals surface area contributed by atoms with E-state index in [-0.39, 0.29) is 10.8 Å². The highest BCUT2D eigenvalue weighted by Gasteiger charge is 2.19. The summed E-state index contributed by atoms with van der Waals surface area (Å²) in [5.74, 6) is 0. The number of rotatable bonds is 1. The maximum Gasteiger partial charge on any atom is 0.281 e. The zero-order chi connectivity index (χ0) is 11.9. The van der Waals surface area contributed by atoms with Crippen molar-refractivity contribution in [3.05, 3.63) is 43.6 Å². The molecule has 4 nitrogen and oxygen atoms in total. The van der Waals surface area contributed by atoms with E-state index in [1.807, 2.05) is 0 Å². The quantitative estimate of drug-likeness (QED) is 0.456. The Morgan fingerprint density at radius 2 is 2.19 bits per heavy atom. The highest BCUT2D eigenvalue weighted by Crippen LogP contribution is 2.36. The van der Waals surface area contributed by atoms with Crippen LogP contribution in [0, 0.1) is 17.0 Å². The van der Waals surface area contributed by atoms with Crippen LogP contribution < -0.4 is 0 Å². The summed E-state index contributed by atoms with van der Waals surface area (Å²) in [6, 6.07) is 3.40. The van der Waals surface area contributed by atoms with Crippen molar-refractivity contribution in [3.63, 3.8) is 0 Å². The lowest BCUT2D eigenvalue weighted by Gasteiger charge is -2.05. The molecular formula is C10H6BrClN2O2. The monoisotopic (exact) mass is 300 g/mol. The van der Waals surface area contributed by atoms with Crippen molar-refractivity contribution < 1.29 is 4.92 Å². The van der Waals surface area contributed by atoms with Crippen molar-refractivity contribution in [2.45, 2.75) is 6.92 Å². The van der Waals surface area contributed by atoms with Gasteiger partial charge in [-0.2, -0.15) is 0 Å². The topological polar surface area (TPSA) is 56.0 Å². The number of pyridine rings is 1. The molecule has 0 bridgehead atoms. The molecule has 1 heterocycles. The molecule has 0 fully saturated rings. The molecular weight excluding hydrogens is 295 g/mol. The third kappa shape index (κ3) is 1.66. The van der Waals surface area contributed by atoms with Crippen LogP contribution >= 0.6 is 27.5 Å². The second-order valence-electron chi connectivity index (χ2n) is 3.31. The van der Waals surface area contributed by atoms with E-state index in [0.29, 0.717) is 20.8 Å². The molecule has 0 aliphatic heterocycles. The van der Waals surface area contributed by atoms with Crippen LogP contribution in [0.4, 0.5) is 5.69 Å². The van der Waals surface area contributed by atoms with Gasteiger partial charge in [0.1, 0.15) is 5.15 Å². The first-order chi connectivity index (χ1) is 7.52. The van der Waals surface area contributed by atoms with Crippen LogP contribution in [-0.4, -0.2) is 9.91 Å². The molecule has 0 unspecified atom stereocenters. The first kappa shape index (κ1) is 11.3. The van der Waals surface area contributed by atoms with E-state index in [9.17, 15) is 10.1 Å². The Bertz CT molecular complexity index is 601. The molecule has 2 aromatic rings. The Morgan fingerprint density at radius 3 is 2.81 bits per heavy atom. The molecule has 1 aromatic carbocycles. The summed E-state index contributed by atoms with van der Waals surface area (Å²) in [5, 5.41) is 12.4. The van der Waals surface area contributed by atoms with Gasteiger partial charge in [0.05, 0.1) is 14.8 Å². The molecule has 0 N–H and O–H groups in total. The molecule has 0 atom stereocenters. The van der Waals surface area contributed by atoms with Crippen LogP contribution in [0.15, 0.2) is 22.8 Å². The largest absolute Gasteiger partial charge is 0.281 e. The van der Waals surface area contributed by atoms with Gasteiger partial charge in [0.15, 0.2) is 0 Å². The summed E-state index contributed by atoms with van der Waals surface area (Å²) in [6.45, 7) is 1.69. The van der Waals surface area contributed by atoms with E-state index in [1.165, 1.54) is 6.20 Å². The molecule has 0 aliphatic carbocycles. The van der Waals surface area contributed by atoms with Gasteiger partial charge < -0.3 is 0 Å². The van der Waals surface area contributed by atoms with Crippen molar-refractivity contribution in [1.29, 1.82) is 0 Å². The van der Waals surface area contributed by atoms with Crippen LogP contribution in [0.25, 0.3) is 10.8 Å². The van der Waals surface area contributed by atoms with Gasteiger partial charge in [-0.25, -0.2) is 4.98 Å². The van der Waals surface area contributed by atoms with Crippen molar-refractivity contribution in [2.24, 2.45) is 0 Å². The number of halogens is 2. The molecule has 0 radical (unpaired) electrons. The molecule has 0 saturated heterocycles. The summed E-state index contributed by atoms with van der Waals surface area (Å²) in [4.78, 5) is 14.5. The van der Waals surface area contributed by atoms with Crippen LogP contribution in [0.5, 0.6) is 0 Å². The Morgan fingerprint density at radius 1 is 1.50 bits per heavy atom. The Hall–Kier alpha value is -1.20. The Balaban J connectivity index is 3.02. The lowest BCUT2D eigenvalue weighted by Crippen LogP contribution is -1.94. The fourth-order valence-corrected chi connectivity index (χ4v) is 2.30. The van der Waals surface area contributed by atoms with Crippen LogP contribution in [0.2, 0.25) is 5.15 Å². The van der Waals surface area contributed by atoms with Crippen LogP contribution in [0.1, 0.15) is 5.56 Å². The lowest BCUT2D eigenvalue weighted by atomic mass is 10.1. The minimum absolute atomic E-state index is 0.0636. The molecule has 2 rings (SSSR count). The van der Waals surface area contributed by atoms with Gasteiger partial charge in [-0.3, -0.25) is 10.1 Å². The standard InChI is InChI=1S/C10H6BrClN2O2/c1-5-2-3-6-8(9(5)14(15)16)7(11)4-13-10(6)12/h2-4H,1H3. The van der Waals surface area contributed by atoms with E-state index < -0.39 is 4.92 Å². The molecule has 6 heteroatoms. The maximum absolute atomic E-state index is 11.0. The number of nitrogens with zero attached hydrogens (tertiary/aromatic N) is 2. The van der Waals surface area contributed by atoms with Gasteiger partial charge in [0.25, 0.3) is 5.69 Å². The molecule has 16 heavy (non-hydrogen) atoms. The van der Waals surface area contributed by atoms with Gasteiger partial charge in [0.2, 0.25) is 0 Å². The average molecular weight is 302 g/mol. The predicted molar refractivity (Wildman–Crippen MR) is 65.8 cm³/mol. The Labute approximate surface area is 105 Å². The van der Waals surface area contributed by atoms with Gasteiger partial charge >= 0.3 is 0 Å². The summed E-state index contributed by atoms with van der Waals surface area (Å²) >= 11 is 9.16. The summed E-state index contributed by atoms with van der Waals surface area (Å²) in [7, 11) is 0. The number of nitro benzene ring substituents is 1. The molecule has 0 amide bonds. The second kappa shape index (κ2) is 3.99. The highest BCUT2D eigenvalue weighted by atomic mass is 79.9. The number of fused-ring (bicyclic) bond motifs is 1. The first-order valence-corrected chi connectivity index (χ1v) is 5.57. The average Bonchev–Trinajstić information content (AvgIpc) is 2.23. The molecule has 82 valence electrons. The number of aryl methyl sites for hydroxylation is 1. The van der Waals surface area contributed by atoms with E-state index >= 15 is 0 Å². The van der Waals surface area contributed by atoms with Crippen LogP contribution in [-0.2, 0) is 0 Å². The number of hydrogen-bond donors (Lipinski definition) is 0. The minimum atomic E-state index is -0.404. The maximum atomic E-state index is 11.0. The summed E-state index contributed by atoms with van der Waals surface area (Å²) in [5.41, 5.74) is 0.661. The van der Waals surface area contributed by atoms with Crippen molar-refractivity contribution in [1.82, 2.24) is 4.98 Å². The van der Waals surface area contributed by atoms with Gasteiger partial charge in [0, 0.05) is 17.1 Å². The smallest absolute Gasteiger partial charge is 0.258 e. The van der Waals surface area contributed by atoms with Crippen molar-refractivity contribution in [3.8, 4) is 0 Å². The number of benzene rings is 1. The zero-order valence-corrected chi connectivity index (χ0v) is 10.5. The SMILES string of the molecule is Cc1ccc2c(Cl)ncc(Br)c2c1[N+](=O)[O-]. The highest BCUT2D eigenvalue weighted by molar-refractivity contribution is 9.10. The lowest BCUT2D eigenvalue weighted by molar-refractivity contribution is -0.383. The predicted octanol–water partition coefficient (Wildman–Crippen LogP) is 3.87. The fraction of sp³-hybridized carbons (Fsp3) is 0.100. The minimum Gasteiger partial charge on any atom is -0.258 e. The molecule has 0 saturated carbocycles. The van der Waals surface area contributed by atoms with E-state index in [4.69, 9.17) is 11.6 Å². The van der Waals surface area contributed by atoms with Gasteiger partial charge in [-0.1, -0.05) is 23.7 Å². The summed E-state index contributed by atoms with van der Waals surface area (Å²) < 4.78 is 0.572. The van der Waals surface area contributed by atoms with Gasteiger partial charge in [-0.05, 0) is 22.9 Å². The normalized spacial score (nSPS) is 10.7. The van der Waals surface area contributed by atoms with E-state index in [1.54, 1.807) is 19.1 Å². The fourth-order valence-electron chi connectivity index (χ4n) is 1.59. The third-order valence-electron chi connectivity index (χ3n) is 2.31. The van der Waals surface area contributed by atoms with Crippen molar-refractivity contribution in [2.75, 3.05) is 0 Å². The van der Waals surface area contributed by atoms with Crippen molar-refractivity contribution >= 4 is 44.0 Å². The first-order valence-electron chi connectivity index (χ1n) is 4.40. The third-order valence-corrected chi connectivity index (χ3v) is 3.22.